The van der Waals surface area contributed by atoms with Gasteiger partial charge in [0.25, 0.3) is 0 Å². The van der Waals surface area contributed by atoms with Gasteiger partial charge in [-0.2, -0.15) is 0 Å². The normalized spacial score (nSPS) is 10.1. The molecule has 2 aromatic carbocycles. The lowest BCUT2D eigenvalue weighted by atomic mass is 10.1. The highest BCUT2D eigenvalue weighted by molar-refractivity contribution is 6.31. The molecular weight excluding hydrogens is 318 g/mol. The van der Waals surface area contributed by atoms with E-state index in [1.165, 1.54) is 0 Å². The Balaban J connectivity index is 2.08. The Morgan fingerprint density at radius 1 is 1.00 bits per heavy atom. The molecule has 0 fully saturated rings. The van der Waals surface area contributed by atoms with E-state index in [0.29, 0.717) is 28.0 Å². The van der Waals surface area contributed by atoms with E-state index in [1.807, 2.05) is 0 Å². The van der Waals surface area contributed by atoms with E-state index >= 15 is 0 Å². The molecule has 0 aliphatic carbocycles. The summed E-state index contributed by atoms with van der Waals surface area (Å²) in [5.74, 6) is 1.62. The van der Waals surface area contributed by atoms with Gasteiger partial charge in [-0.05, 0) is 29.8 Å². The Morgan fingerprint density at radius 3 is 2.35 bits per heavy atom. The third kappa shape index (κ3) is 4.29. The number of benzene rings is 2. The predicted octanol–water partition coefficient (Wildman–Crippen LogP) is 3.55. The fourth-order valence-corrected chi connectivity index (χ4v) is 2.33. The molecule has 0 atom stereocenters. The predicted molar refractivity (Wildman–Crippen MR) is 89.9 cm³/mol. The molecule has 2 rings (SSSR count). The zero-order valence-corrected chi connectivity index (χ0v) is 13.9. The summed E-state index contributed by atoms with van der Waals surface area (Å²) in [7, 11) is 4.66. The second-order valence-corrected chi connectivity index (χ2v) is 5.16. The molecule has 0 unspecified atom stereocenters. The van der Waals surface area contributed by atoms with Gasteiger partial charge in [0, 0.05) is 16.8 Å². The lowest BCUT2D eigenvalue weighted by Gasteiger charge is -2.11. The van der Waals surface area contributed by atoms with Crippen molar-refractivity contribution in [3.05, 3.63) is 47.0 Å². The van der Waals surface area contributed by atoms with Gasteiger partial charge in [-0.3, -0.25) is 4.79 Å². The number of nitrogens with one attached hydrogen (secondary N) is 1. The summed E-state index contributed by atoms with van der Waals surface area (Å²) in [6.07, 6.45) is 0.164. The van der Waals surface area contributed by atoms with E-state index in [0.717, 1.165) is 5.56 Å². The Bertz CT molecular complexity index is 703. The van der Waals surface area contributed by atoms with Gasteiger partial charge < -0.3 is 19.5 Å². The standard InChI is InChI=1S/C17H18ClNO4/c1-21-13-6-4-11(14(18)10-13)8-17(20)19-12-5-7-15(22-2)16(9-12)23-3/h4-7,9-10H,8H2,1-3H3,(H,19,20). The lowest BCUT2D eigenvalue weighted by molar-refractivity contribution is -0.115. The minimum Gasteiger partial charge on any atom is -0.497 e. The molecule has 2 aromatic rings. The van der Waals surface area contributed by atoms with Gasteiger partial charge >= 0.3 is 0 Å². The summed E-state index contributed by atoms with van der Waals surface area (Å²) in [6.45, 7) is 0. The van der Waals surface area contributed by atoms with Gasteiger partial charge in [-0.1, -0.05) is 17.7 Å². The van der Waals surface area contributed by atoms with Crippen LogP contribution in [0.1, 0.15) is 5.56 Å². The van der Waals surface area contributed by atoms with Crippen LogP contribution in [0.3, 0.4) is 0 Å². The van der Waals surface area contributed by atoms with Crippen LogP contribution < -0.4 is 19.5 Å². The first kappa shape index (κ1) is 17.0. The summed E-state index contributed by atoms with van der Waals surface area (Å²) in [6, 6.07) is 10.4. The first-order valence-corrected chi connectivity index (χ1v) is 7.29. The second-order valence-electron chi connectivity index (χ2n) is 4.75. The molecule has 1 N–H and O–H groups in total. The van der Waals surface area contributed by atoms with Crippen molar-refractivity contribution in [2.45, 2.75) is 6.42 Å². The molecule has 0 spiro atoms. The Hall–Kier alpha value is -2.40. The minimum absolute atomic E-state index is 0.164. The number of carbonyl (C=O) groups excluding carboxylic acids is 1. The summed E-state index contributed by atoms with van der Waals surface area (Å²) in [4.78, 5) is 12.2. The molecular formula is C17H18ClNO4. The summed E-state index contributed by atoms with van der Waals surface area (Å²) >= 11 is 6.15. The van der Waals surface area contributed by atoms with Crippen molar-refractivity contribution in [2.24, 2.45) is 0 Å². The van der Waals surface area contributed by atoms with Crippen LogP contribution in [-0.2, 0) is 11.2 Å². The molecule has 0 bridgehead atoms. The third-order valence-electron chi connectivity index (χ3n) is 3.28. The maximum atomic E-state index is 12.2. The van der Waals surface area contributed by atoms with Crippen molar-refractivity contribution in [2.75, 3.05) is 26.6 Å². The molecule has 0 aliphatic rings. The maximum Gasteiger partial charge on any atom is 0.228 e. The van der Waals surface area contributed by atoms with Gasteiger partial charge in [-0.25, -0.2) is 0 Å². The number of hydrogen-bond acceptors (Lipinski definition) is 4. The molecule has 5 nitrogen and oxygen atoms in total. The molecule has 0 saturated carbocycles. The van der Waals surface area contributed by atoms with Crippen LogP contribution in [0.2, 0.25) is 5.02 Å². The maximum absolute atomic E-state index is 12.2. The van der Waals surface area contributed by atoms with Crippen LogP contribution >= 0.6 is 11.6 Å². The van der Waals surface area contributed by atoms with Crippen LogP contribution in [0.15, 0.2) is 36.4 Å². The summed E-state index contributed by atoms with van der Waals surface area (Å²) in [5.41, 5.74) is 1.35. The Morgan fingerprint density at radius 2 is 1.74 bits per heavy atom. The van der Waals surface area contributed by atoms with Crippen LogP contribution in [0.25, 0.3) is 0 Å². The number of halogens is 1. The highest BCUT2D eigenvalue weighted by Gasteiger charge is 2.10. The van der Waals surface area contributed by atoms with Crippen LogP contribution in [0.4, 0.5) is 5.69 Å². The van der Waals surface area contributed by atoms with E-state index in [2.05, 4.69) is 5.32 Å². The largest absolute Gasteiger partial charge is 0.497 e. The SMILES string of the molecule is COc1ccc(CC(=O)Nc2ccc(OC)c(OC)c2)c(Cl)c1. The van der Waals surface area contributed by atoms with Crippen molar-refractivity contribution in [3.8, 4) is 17.2 Å². The topological polar surface area (TPSA) is 56.8 Å². The van der Waals surface area contributed by atoms with Crippen molar-refractivity contribution >= 4 is 23.2 Å². The zero-order chi connectivity index (χ0) is 16.8. The fraction of sp³-hybridized carbons (Fsp3) is 0.235. The number of amides is 1. The van der Waals surface area contributed by atoms with Crippen molar-refractivity contribution < 1.29 is 19.0 Å². The number of methoxy groups -OCH3 is 3. The van der Waals surface area contributed by atoms with Crippen molar-refractivity contribution in [1.29, 1.82) is 0 Å². The van der Waals surface area contributed by atoms with E-state index in [1.54, 1.807) is 57.7 Å². The van der Waals surface area contributed by atoms with Gasteiger partial charge in [0.05, 0.1) is 27.8 Å². The summed E-state index contributed by atoms with van der Waals surface area (Å²) < 4.78 is 15.5. The highest BCUT2D eigenvalue weighted by Crippen LogP contribution is 2.30. The van der Waals surface area contributed by atoms with Gasteiger partial charge in [0.15, 0.2) is 11.5 Å². The quantitative estimate of drug-likeness (QED) is 0.877. The molecule has 1 amide bonds. The molecule has 122 valence electrons. The smallest absolute Gasteiger partial charge is 0.228 e. The monoisotopic (exact) mass is 335 g/mol. The average Bonchev–Trinajstić information content (AvgIpc) is 2.56. The lowest BCUT2D eigenvalue weighted by Crippen LogP contribution is -2.14. The van der Waals surface area contributed by atoms with Gasteiger partial charge in [0.1, 0.15) is 5.75 Å². The van der Waals surface area contributed by atoms with E-state index in [9.17, 15) is 4.79 Å². The second kappa shape index (κ2) is 7.74. The molecule has 0 aromatic heterocycles. The van der Waals surface area contributed by atoms with Gasteiger partial charge in [-0.15, -0.1) is 0 Å². The van der Waals surface area contributed by atoms with Crippen molar-refractivity contribution in [3.63, 3.8) is 0 Å². The number of anilines is 1. The number of hydrogen-bond donors (Lipinski definition) is 1. The van der Waals surface area contributed by atoms with E-state index in [4.69, 9.17) is 25.8 Å². The van der Waals surface area contributed by atoms with E-state index < -0.39 is 0 Å². The highest BCUT2D eigenvalue weighted by atomic mass is 35.5. The Kier molecular flexibility index (Phi) is 5.71. The van der Waals surface area contributed by atoms with Crippen LogP contribution in [-0.4, -0.2) is 27.2 Å². The van der Waals surface area contributed by atoms with E-state index in [-0.39, 0.29) is 12.3 Å². The third-order valence-corrected chi connectivity index (χ3v) is 3.63. The van der Waals surface area contributed by atoms with Gasteiger partial charge in [0.2, 0.25) is 5.91 Å². The first-order valence-electron chi connectivity index (χ1n) is 6.91. The molecule has 0 heterocycles. The molecule has 6 heteroatoms. The molecule has 23 heavy (non-hydrogen) atoms. The fourth-order valence-electron chi connectivity index (χ4n) is 2.09. The molecule has 0 saturated heterocycles. The van der Waals surface area contributed by atoms with Crippen molar-refractivity contribution in [1.82, 2.24) is 0 Å². The first-order chi connectivity index (χ1) is 11.1. The molecule has 0 radical (unpaired) electrons. The van der Waals surface area contributed by atoms with Crippen LogP contribution in [0, 0.1) is 0 Å². The number of carbonyl (C=O) groups is 1. The number of rotatable bonds is 6. The molecule has 0 aliphatic heterocycles. The Labute approximate surface area is 140 Å². The summed E-state index contributed by atoms with van der Waals surface area (Å²) in [5, 5.41) is 3.30. The zero-order valence-electron chi connectivity index (χ0n) is 13.2. The number of ether oxygens (including phenoxy) is 3. The average molecular weight is 336 g/mol. The van der Waals surface area contributed by atoms with Crippen LogP contribution in [0.5, 0.6) is 17.2 Å². The minimum atomic E-state index is -0.177.